The number of aliphatic hydroxyl groups is 1. The molecule has 2 aromatic carbocycles. The van der Waals surface area contributed by atoms with E-state index in [-0.39, 0.29) is 11.9 Å². The Kier molecular flexibility index (Phi) is 9.39. The van der Waals surface area contributed by atoms with Gasteiger partial charge in [-0.05, 0) is 55.1 Å². The summed E-state index contributed by atoms with van der Waals surface area (Å²) in [5.41, 5.74) is 3.48. The highest BCUT2D eigenvalue weighted by Gasteiger charge is 2.30. The van der Waals surface area contributed by atoms with Gasteiger partial charge in [-0.1, -0.05) is 66.7 Å². The van der Waals surface area contributed by atoms with E-state index >= 15 is 0 Å². The van der Waals surface area contributed by atoms with Crippen molar-refractivity contribution < 1.29 is 9.90 Å². The number of hydrogen-bond acceptors (Lipinski definition) is 5. The van der Waals surface area contributed by atoms with Crippen molar-refractivity contribution in [2.45, 2.75) is 38.1 Å². The summed E-state index contributed by atoms with van der Waals surface area (Å²) >= 11 is 0. The number of rotatable bonds is 10. The number of aromatic nitrogens is 1. The monoisotopic (exact) mass is 484 g/mol. The second-order valence-electron chi connectivity index (χ2n) is 9.39. The predicted octanol–water partition coefficient (Wildman–Crippen LogP) is 4.11. The maximum Gasteiger partial charge on any atom is 0.245 e. The molecule has 0 aliphatic carbocycles. The second-order valence-corrected chi connectivity index (χ2v) is 9.39. The number of piperazine rings is 1. The lowest BCUT2D eigenvalue weighted by Gasteiger charge is -2.43. The molecule has 6 nitrogen and oxygen atoms in total. The fraction of sp³-hybridized carbons (Fsp3) is 0.333. The molecule has 1 aliphatic rings. The van der Waals surface area contributed by atoms with Gasteiger partial charge in [0.05, 0.1) is 6.04 Å². The van der Waals surface area contributed by atoms with Crippen molar-refractivity contribution in [1.82, 2.24) is 20.1 Å². The van der Waals surface area contributed by atoms with Crippen LogP contribution < -0.4 is 5.32 Å². The number of benzene rings is 2. The lowest BCUT2D eigenvalue weighted by Crippen LogP contribution is -2.53. The van der Waals surface area contributed by atoms with Gasteiger partial charge in [0.1, 0.15) is 6.23 Å². The third-order valence-corrected chi connectivity index (χ3v) is 6.74. The molecular formula is C30H36N4O2. The minimum absolute atomic E-state index is 0.244. The average Bonchev–Trinajstić information content (AvgIpc) is 2.91. The number of hydrogen-bond donors (Lipinski definition) is 2. The van der Waals surface area contributed by atoms with Gasteiger partial charge in [-0.2, -0.15) is 0 Å². The number of nitrogens with one attached hydrogen (secondary N) is 1. The van der Waals surface area contributed by atoms with E-state index in [0.717, 1.165) is 38.2 Å². The highest BCUT2D eigenvalue weighted by atomic mass is 16.3. The summed E-state index contributed by atoms with van der Waals surface area (Å²) in [6.45, 7) is 6.12. The Hall–Kier alpha value is -3.32. The van der Waals surface area contributed by atoms with E-state index in [2.05, 4.69) is 87.7 Å². The zero-order chi connectivity index (χ0) is 25.2. The predicted molar refractivity (Wildman–Crippen MR) is 144 cm³/mol. The van der Waals surface area contributed by atoms with E-state index in [1.807, 2.05) is 12.1 Å². The van der Waals surface area contributed by atoms with E-state index in [9.17, 15) is 9.90 Å². The summed E-state index contributed by atoms with van der Waals surface area (Å²) < 4.78 is 0. The molecule has 0 bridgehead atoms. The van der Waals surface area contributed by atoms with Gasteiger partial charge >= 0.3 is 0 Å². The van der Waals surface area contributed by atoms with Gasteiger partial charge in [0, 0.05) is 44.1 Å². The molecule has 36 heavy (non-hydrogen) atoms. The first-order chi connectivity index (χ1) is 17.6. The van der Waals surface area contributed by atoms with Crippen LogP contribution in [0.2, 0.25) is 0 Å². The molecule has 2 unspecified atom stereocenters. The Morgan fingerprint density at radius 1 is 1.06 bits per heavy atom. The lowest BCUT2D eigenvalue weighted by atomic mass is 9.95. The van der Waals surface area contributed by atoms with Crippen LogP contribution in [-0.4, -0.2) is 64.2 Å². The summed E-state index contributed by atoms with van der Waals surface area (Å²) in [4.78, 5) is 21.2. The third-order valence-electron chi connectivity index (χ3n) is 6.74. The topological polar surface area (TPSA) is 68.7 Å². The average molecular weight is 485 g/mol. The molecule has 1 saturated heterocycles. The number of carbonyl (C=O) groups is 1. The fourth-order valence-corrected chi connectivity index (χ4v) is 4.89. The van der Waals surface area contributed by atoms with Crippen molar-refractivity contribution in [2.24, 2.45) is 0 Å². The Morgan fingerprint density at radius 2 is 1.75 bits per heavy atom. The Bertz CT molecular complexity index is 1050. The number of aliphatic hydroxyl groups excluding tert-OH is 1. The fourth-order valence-electron chi connectivity index (χ4n) is 4.89. The van der Waals surface area contributed by atoms with Gasteiger partial charge in [-0.15, -0.1) is 0 Å². The van der Waals surface area contributed by atoms with E-state index in [1.54, 1.807) is 18.5 Å². The van der Waals surface area contributed by atoms with Crippen LogP contribution >= 0.6 is 0 Å². The quantitative estimate of drug-likeness (QED) is 0.335. The summed E-state index contributed by atoms with van der Waals surface area (Å²) in [6.07, 6.45) is 6.98. The van der Waals surface area contributed by atoms with Crippen molar-refractivity contribution in [2.75, 3.05) is 26.2 Å². The van der Waals surface area contributed by atoms with Crippen molar-refractivity contribution >= 4 is 12.0 Å². The van der Waals surface area contributed by atoms with Gasteiger partial charge in [0.25, 0.3) is 0 Å². The SMILES string of the molecule is CC1CN(C(c2ccccc2)c2ccccc2)CCN1CCCC(O)NC(=O)C=Cc1cccnc1. The summed E-state index contributed by atoms with van der Waals surface area (Å²) in [6, 6.07) is 25.8. The number of amides is 1. The minimum atomic E-state index is -0.854. The van der Waals surface area contributed by atoms with Crippen LogP contribution in [0, 0.1) is 0 Å². The van der Waals surface area contributed by atoms with E-state index < -0.39 is 6.23 Å². The molecule has 0 saturated carbocycles. The normalized spacial score (nSPS) is 17.9. The zero-order valence-corrected chi connectivity index (χ0v) is 20.9. The number of carbonyl (C=O) groups excluding carboxylic acids is 1. The van der Waals surface area contributed by atoms with E-state index in [0.29, 0.717) is 12.5 Å². The smallest absolute Gasteiger partial charge is 0.245 e. The molecule has 1 aliphatic heterocycles. The largest absolute Gasteiger partial charge is 0.374 e. The minimum Gasteiger partial charge on any atom is -0.374 e. The van der Waals surface area contributed by atoms with E-state index in [1.165, 1.54) is 17.2 Å². The third kappa shape index (κ3) is 7.34. The molecule has 0 spiro atoms. The first-order valence-corrected chi connectivity index (χ1v) is 12.7. The molecule has 4 rings (SSSR count). The molecule has 2 N–H and O–H groups in total. The van der Waals surface area contributed by atoms with E-state index in [4.69, 9.17) is 0 Å². The zero-order valence-electron chi connectivity index (χ0n) is 20.9. The summed E-state index contributed by atoms with van der Waals surface area (Å²) in [5, 5.41) is 12.9. The standard InChI is InChI=1S/C30H36N4O2/c1-24-23-34(30(26-11-4-2-5-12-26)27-13-6-3-7-14-27)21-20-33(24)19-9-15-28(35)32-29(36)17-16-25-10-8-18-31-22-25/h2-8,10-14,16-18,22,24,28,30,35H,9,15,19-21,23H2,1H3,(H,32,36). The highest BCUT2D eigenvalue weighted by Crippen LogP contribution is 2.30. The van der Waals surface area contributed by atoms with Crippen LogP contribution in [0.4, 0.5) is 0 Å². The lowest BCUT2D eigenvalue weighted by molar-refractivity contribution is -0.119. The van der Waals surface area contributed by atoms with Crippen molar-refractivity contribution in [3.05, 3.63) is 108 Å². The number of pyridine rings is 1. The van der Waals surface area contributed by atoms with Gasteiger partial charge < -0.3 is 10.4 Å². The Balaban J connectivity index is 1.25. The molecule has 1 fully saturated rings. The van der Waals surface area contributed by atoms with Gasteiger partial charge in [0.15, 0.2) is 0 Å². The second kappa shape index (κ2) is 13.1. The summed E-state index contributed by atoms with van der Waals surface area (Å²) in [7, 11) is 0. The van der Waals surface area contributed by atoms with Crippen LogP contribution in [-0.2, 0) is 4.79 Å². The van der Waals surface area contributed by atoms with Crippen LogP contribution in [0.15, 0.2) is 91.3 Å². The van der Waals surface area contributed by atoms with Gasteiger partial charge in [0.2, 0.25) is 5.91 Å². The molecule has 3 aromatic rings. The van der Waals surface area contributed by atoms with Crippen molar-refractivity contribution in [3.8, 4) is 0 Å². The molecule has 2 heterocycles. The van der Waals surface area contributed by atoms with Crippen LogP contribution in [0.3, 0.4) is 0 Å². The molecule has 1 aromatic heterocycles. The van der Waals surface area contributed by atoms with Crippen LogP contribution in [0.25, 0.3) is 6.08 Å². The van der Waals surface area contributed by atoms with Gasteiger partial charge in [-0.25, -0.2) is 0 Å². The molecule has 2 atom stereocenters. The molecule has 6 heteroatoms. The maximum absolute atomic E-state index is 12.1. The molecule has 188 valence electrons. The Morgan fingerprint density at radius 3 is 2.36 bits per heavy atom. The van der Waals surface area contributed by atoms with Crippen LogP contribution in [0.1, 0.15) is 42.5 Å². The first-order valence-electron chi connectivity index (χ1n) is 12.7. The van der Waals surface area contributed by atoms with Crippen molar-refractivity contribution in [1.29, 1.82) is 0 Å². The maximum atomic E-state index is 12.1. The van der Waals surface area contributed by atoms with Crippen LogP contribution in [0.5, 0.6) is 0 Å². The highest BCUT2D eigenvalue weighted by molar-refractivity contribution is 5.91. The first kappa shape index (κ1) is 25.8. The summed E-state index contributed by atoms with van der Waals surface area (Å²) in [5.74, 6) is -0.304. The molecule has 1 amide bonds. The van der Waals surface area contributed by atoms with Gasteiger partial charge in [-0.3, -0.25) is 19.6 Å². The number of nitrogens with zero attached hydrogens (tertiary/aromatic N) is 3. The van der Waals surface area contributed by atoms with Crippen molar-refractivity contribution in [3.63, 3.8) is 0 Å². The molecular weight excluding hydrogens is 448 g/mol. The molecule has 0 radical (unpaired) electrons. The Labute approximate surface area is 214 Å².